The molecule has 0 amide bonds. The number of para-hydroxylation sites is 1. The first-order valence-electron chi connectivity index (χ1n) is 11.6. The molecule has 3 heterocycles. The molecule has 0 unspecified atom stereocenters. The third-order valence-electron chi connectivity index (χ3n) is 6.31. The predicted octanol–water partition coefficient (Wildman–Crippen LogP) is 6.25. The van der Waals surface area contributed by atoms with Gasteiger partial charge in [-0.05, 0) is 43.5 Å². The Bertz CT molecular complexity index is 1300. The SMILES string of the molecule is Cc1cc(-c2ccnn2C)c2cccc(OCc3c(Cl)cncc3CNSC3CCCC3)c2n1. The monoisotopic (exact) mass is 493 g/mol. The Morgan fingerprint density at radius 1 is 1.21 bits per heavy atom. The third kappa shape index (κ3) is 4.92. The van der Waals surface area contributed by atoms with E-state index in [1.807, 2.05) is 61.2 Å². The van der Waals surface area contributed by atoms with Gasteiger partial charge in [0.15, 0.2) is 0 Å². The molecule has 0 aliphatic heterocycles. The van der Waals surface area contributed by atoms with Gasteiger partial charge in [0.1, 0.15) is 17.9 Å². The van der Waals surface area contributed by atoms with Gasteiger partial charge in [-0.15, -0.1) is 0 Å². The second-order valence-electron chi connectivity index (χ2n) is 8.70. The zero-order valence-electron chi connectivity index (χ0n) is 19.4. The second kappa shape index (κ2) is 10.3. The Balaban J connectivity index is 1.39. The van der Waals surface area contributed by atoms with Crippen LogP contribution in [0.3, 0.4) is 0 Å². The lowest BCUT2D eigenvalue weighted by Crippen LogP contribution is -2.12. The molecule has 0 saturated heterocycles. The van der Waals surface area contributed by atoms with Crippen LogP contribution in [0.25, 0.3) is 22.2 Å². The minimum atomic E-state index is 0.349. The summed E-state index contributed by atoms with van der Waals surface area (Å²) in [7, 11) is 1.95. The highest BCUT2D eigenvalue weighted by Crippen LogP contribution is 2.34. The second-order valence-corrected chi connectivity index (χ2v) is 10.3. The van der Waals surface area contributed by atoms with Crippen LogP contribution in [0.4, 0.5) is 0 Å². The number of hydrogen-bond donors (Lipinski definition) is 1. The van der Waals surface area contributed by atoms with E-state index < -0.39 is 0 Å². The average molecular weight is 494 g/mol. The first kappa shape index (κ1) is 23.1. The number of aromatic nitrogens is 4. The fourth-order valence-electron chi connectivity index (χ4n) is 4.53. The summed E-state index contributed by atoms with van der Waals surface area (Å²) in [5.41, 5.74) is 5.89. The number of aryl methyl sites for hydroxylation is 2. The first-order chi connectivity index (χ1) is 16.6. The van der Waals surface area contributed by atoms with Crippen molar-refractivity contribution >= 4 is 34.5 Å². The van der Waals surface area contributed by atoms with Crippen molar-refractivity contribution in [1.29, 1.82) is 0 Å². The normalized spacial score (nSPS) is 14.2. The van der Waals surface area contributed by atoms with Crippen LogP contribution in [-0.2, 0) is 20.2 Å². The molecule has 8 heteroatoms. The van der Waals surface area contributed by atoms with Crippen LogP contribution in [0, 0.1) is 6.92 Å². The molecule has 176 valence electrons. The Kier molecular flexibility index (Phi) is 7.04. The molecule has 1 fully saturated rings. The van der Waals surface area contributed by atoms with Crippen molar-refractivity contribution in [3.05, 3.63) is 70.8 Å². The quantitative estimate of drug-likeness (QED) is 0.292. The van der Waals surface area contributed by atoms with Gasteiger partial charge in [-0.3, -0.25) is 14.4 Å². The van der Waals surface area contributed by atoms with E-state index in [0.29, 0.717) is 23.4 Å². The Hall–Kier alpha value is -2.61. The zero-order chi connectivity index (χ0) is 23.5. The minimum absolute atomic E-state index is 0.349. The van der Waals surface area contributed by atoms with E-state index in [-0.39, 0.29) is 0 Å². The molecule has 5 rings (SSSR count). The van der Waals surface area contributed by atoms with E-state index in [2.05, 4.69) is 26.9 Å². The summed E-state index contributed by atoms with van der Waals surface area (Å²) in [5, 5.41) is 6.68. The van der Waals surface area contributed by atoms with Crippen molar-refractivity contribution in [3.8, 4) is 17.0 Å². The van der Waals surface area contributed by atoms with Gasteiger partial charge in [0, 0.05) is 59.6 Å². The lowest BCUT2D eigenvalue weighted by atomic mass is 10.0. The van der Waals surface area contributed by atoms with Crippen molar-refractivity contribution < 1.29 is 4.74 Å². The molecule has 1 saturated carbocycles. The van der Waals surface area contributed by atoms with Crippen molar-refractivity contribution in [3.63, 3.8) is 0 Å². The average Bonchev–Trinajstić information content (AvgIpc) is 3.50. The number of nitrogens with zero attached hydrogens (tertiary/aromatic N) is 4. The standard InChI is InChI=1S/C26H28ClN5OS/c1-17-12-21(24-10-11-29-32(24)2)20-8-5-9-25(26(20)31-17)33-16-22-18(13-28-15-23(22)27)14-30-34-19-6-3-4-7-19/h5,8-13,15,19,30H,3-4,6-7,14,16H2,1-2H3. The summed E-state index contributed by atoms with van der Waals surface area (Å²) in [4.78, 5) is 9.11. The van der Waals surface area contributed by atoms with Crippen LogP contribution in [0.5, 0.6) is 5.75 Å². The number of ether oxygens (including phenoxy) is 1. The van der Waals surface area contributed by atoms with Crippen LogP contribution in [-0.4, -0.2) is 25.0 Å². The molecule has 1 aliphatic rings. The molecule has 1 N–H and O–H groups in total. The number of pyridine rings is 2. The van der Waals surface area contributed by atoms with Gasteiger partial charge in [0.2, 0.25) is 0 Å². The number of rotatable bonds is 8. The van der Waals surface area contributed by atoms with Gasteiger partial charge in [-0.25, -0.2) is 4.98 Å². The molecule has 34 heavy (non-hydrogen) atoms. The number of benzene rings is 1. The van der Waals surface area contributed by atoms with Gasteiger partial charge < -0.3 is 4.74 Å². The smallest absolute Gasteiger partial charge is 0.146 e. The van der Waals surface area contributed by atoms with E-state index in [1.54, 1.807) is 6.20 Å². The van der Waals surface area contributed by atoms with Crippen LogP contribution in [0.2, 0.25) is 5.02 Å². The molecule has 6 nitrogen and oxygen atoms in total. The molecule has 0 bridgehead atoms. The lowest BCUT2D eigenvalue weighted by molar-refractivity contribution is 0.308. The maximum atomic E-state index is 6.55. The van der Waals surface area contributed by atoms with Gasteiger partial charge in [-0.2, -0.15) is 5.10 Å². The largest absolute Gasteiger partial charge is 0.487 e. The van der Waals surface area contributed by atoms with Gasteiger partial charge in [0.05, 0.1) is 10.7 Å². The maximum Gasteiger partial charge on any atom is 0.146 e. The fraction of sp³-hybridized carbons (Fsp3) is 0.346. The van der Waals surface area contributed by atoms with Crippen LogP contribution >= 0.6 is 23.5 Å². The van der Waals surface area contributed by atoms with Crippen LogP contribution in [0.15, 0.2) is 48.9 Å². The lowest BCUT2D eigenvalue weighted by Gasteiger charge is -2.16. The molecule has 1 aliphatic carbocycles. The molecule has 3 aromatic heterocycles. The number of nitrogens with one attached hydrogen (secondary N) is 1. The zero-order valence-corrected chi connectivity index (χ0v) is 21.0. The fourth-order valence-corrected chi connectivity index (χ4v) is 5.80. The molecular formula is C26H28ClN5OS. The Labute approximate surface area is 209 Å². The highest BCUT2D eigenvalue weighted by molar-refractivity contribution is 7.98. The summed E-state index contributed by atoms with van der Waals surface area (Å²) in [5.74, 6) is 0.733. The van der Waals surface area contributed by atoms with Crippen molar-refractivity contribution in [1.82, 2.24) is 24.5 Å². The van der Waals surface area contributed by atoms with Crippen molar-refractivity contribution in [2.45, 2.75) is 51.0 Å². The Morgan fingerprint density at radius 2 is 2.06 bits per heavy atom. The van der Waals surface area contributed by atoms with Crippen molar-refractivity contribution in [2.24, 2.45) is 7.05 Å². The summed E-state index contributed by atoms with van der Waals surface area (Å²) in [6, 6.07) is 10.1. The van der Waals surface area contributed by atoms with Gasteiger partial charge in [0.25, 0.3) is 0 Å². The van der Waals surface area contributed by atoms with E-state index in [9.17, 15) is 0 Å². The number of halogens is 1. The maximum absolute atomic E-state index is 6.55. The molecule has 0 atom stereocenters. The molecule has 0 radical (unpaired) electrons. The van der Waals surface area contributed by atoms with Gasteiger partial charge in [-0.1, -0.05) is 48.5 Å². The third-order valence-corrected chi connectivity index (χ3v) is 7.75. The number of hydrogen-bond acceptors (Lipinski definition) is 6. The first-order valence-corrected chi connectivity index (χ1v) is 12.9. The Morgan fingerprint density at radius 3 is 2.85 bits per heavy atom. The predicted molar refractivity (Wildman–Crippen MR) is 139 cm³/mol. The van der Waals surface area contributed by atoms with E-state index in [0.717, 1.165) is 44.7 Å². The van der Waals surface area contributed by atoms with E-state index in [4.69, 9.17) is 21.3 Å². The molecule has 4 aromatic rings. The molecule has 1 aromatic carbocycles. The molecular weight excluding hydrogens is 466 g/mol. The summed E-state index contributed by atoms with van der Waals surface area (Å²) in [6.45, 7) is 3.05. The highest BCUT2D eigenvalue weighted by atomic mass is 35.5. The number of fused-ring (bicyclic) bond motifs is 1. The summed E-state index contributed by atoms with van der Waals surface area (Å²) in [6.07, 6.45) is 10.6. The highest BCUT2D eigenvalue weighted by Gasteiger charge is 2.17. The summed E-state index contributed by atoms with van der Waals surface area (Å²) >= 11 is 8.39. The topological polar surface area (TPSA) is 64.9 Å². The van der Waals surface area contributed by atoms with Crippen LogP contribution in [0.1, 0.15) is 42.5 Å². The van der Waals surface area contributed by atoms with Crippen molar-refractivity contribution in [2.75, 3.05) is 0 Å². The van der Waals surface area contributed by atoms with E-state index in [1.165, 1.54) is 25.7 Å². The molecule has 0 spiro atoms. The van der Waals surface area contributed by atoms with Gasteiger partial charge >= 0.3 is 0 Å². The summed E-state index contributed by atoms with van der Waals surface area (Å²) < 4.78 is 11.7. The van der Waals surface area contributed by atoms with Crippen LogP contribution < -0.4 is 9.46 Å². The van der Waals surface area contributed by atoms with E-state index >= 15 is 0 Å². The minimum Gasteiger partial charge on any atom is -0.487 e.